The summed E-state index contributed by atoms with van der Waals surface area (Å²) in [6, 6.07) is 4.24. The topological polar surface area (TPSA) is 40.7 Å². The van der Waals surface area contributed by atoms with Gasteiger partial charge in [-0.15, -0.1) is 11.3 Å². The molecule has 0 aromatic carbocycles. The molecule has 0 atom stereocenters. The van der Waals surface area contributed by atoms with Crippen LogP contribution in [-0.4, -0.2) is 16.7 Å². The summed E-state index contributed by atoms with van der Waals surface area (Å²) in [5, 5.41) is 12.7. The first-order valence-corrected chi connectivity index (χ1v) is 5.98. The lowest BCUT2D eigenvalue weighted by Crippen LogP contribution is -2.11. The molecule has 2 aromatic heterocycles. The third-order valence-corrected chi connectivity index (χ3v) is 3.33. The van der Waals surface area contributed by atoms with E-state index in [4.69, 9.17) is 0 Å². The van der Waals surface area contributed by atoms with E-state index in [0.29, 0.717) is 0 Å². The van der Waals surface area contributed by atoms with Crippen molar-refractivity contribution in [2.75, 3.05) is 6.54 Å². The van der Waals surface area contributed by atoms with Crippen molar-refractivity contribution in [1.82, 2.24) is 15.5 Å². The SMILES string of the molecule is CCNCc1cc(-c2sccc2C)n[nH]1. The third kappa shape index (κ3) is 2.27. The molecule has 0 saturated heterocycles. The van der Waals surface area contributed by atoms with Gasteiger partial charge < -0.3 is 5.32 Å². The molecule has 15 heavy (non-hydrogen) atoms. The van der Waals surface area contributed by atoms with Gasteiger partial charge in [0, 0.05) is 12.2 Å². The van der Waals surface area contributed by atoms with Gasteiger partial charge in [0.15, 0.2) is 0 Å². The lowest BCUT2D eigenvalue weighted by molar-refractivity contribution is 0.707. The summed E-state index contributed by atoms with van der Waals surface area (Å²) in [6.45, 7) is 6.05. The second kappa shape index (κ2) is 4.59. The minimum Gasteiger partial charge on any atom is -0.311 e. The number of hydrogen-bond acceptors (Lipinski definition) is 3. The van der Waals surface area contributed by atoms with Crippen molar-refractivity contribution in [2.45, 2.75) is 20.4 Å². The van der Waals surface area contributed by atoms with Crippen molar-refractivity contribution in [3.8, 4) is 10.6 Å². The highest BCUT2D eigenvalue weighted by molar-refractivity contribution is 7.13. The van der Waals surface area contributed by atoms with E-state index in [0.717, 1.165) is 24.5 Å². The molecule has 0 aliphatic rings. The zero-order valence-electron chi connectivity index (χ0n) is 9.00. The fourth-order valence-corrected chi connectivity index (χ4v) is 2.35. The molecule has 2 N–H and O–H groups in total. The summed E-state index contributed by atoms with van der Waals surface area (Å²) in [5.41, 5.74) is 3.48. The van der Waals surface area contributed by atoms with Crippen LogP contribution in [0.25, 0.3) is 10.6 Å². The second-order valence-electron chi connectivity index (χ2n) is 3.49. The summed E-state index contributed by atoms with van der Waals surface area (Å²) in [7, 11) is 0. The maximum absolute atomic E-state index is 4.32. The summed E-state index contributed by atoms with van der Waals surface area (Å²) in [5.74, 6) is 0. The van der Waals surface area contributed by atoms with Gasteiger partial charge in [-0.3, -0.25) is 5.10 Å². The number of rotatable bonds is 4. The number of hydrogen-bond donors (Lipinski definition) is 2. The molecule has 2 rings (SSSR count). The molecule has 0 saturated carbocycles. The Hall–Kier alpha value is -1.13. The van der Waals surface area contributed by atoms with E-state index in [1.807, 2.05) is 0 Å². The van der Waals surface area contributed by atoms with Gasteiger partial charge in [-0.05, 0) is 36.5 Å². The number of aromatic amines is 1. The predicted octanol–water partition coefficient (Wildman–Crippen LogP) is 2.56. The van der Waals surface area contributed by atoms with Gasteiger partial charge >= 0.3 is 0 Å². The summed E-state index contributed by atoms with van der Waals surface area (Å²) in [4.78, 5) is 1.26. The van der Waals surface area contributed by atoms with E-state index in [1.165, 1.54) is 10.4 Å². The number of aromatic nitrogens is 2. The zero-order valence-corrected chi connectivity index (χ0v) is 9.82. The molecule has 0 fully saturated rings. The molecule has 0 bridgehead atoms. The second-order valence-corrected chi connectivity index (χ2v) is 4.41. The highest BCUT2D eigenvalue weighted by Crippen LogP contribution is 2.27. The van der Waals surface area contributed by atoms with Gasteiger partial charge in [0.2, 0.25) is 0 Å². The van der Waals surface area contributed by atoms with Crippen LogP contribution in [0.15, 0.2) is 17.5 Å². The van der Waals surface area contributed by atoms with Gasteiger partial charge in [0.1, 0.15) is 5.69 Å². The molecular formula is C11H15N3S. The van der Waals surface area contributed by atoms with E-state index in [2.05, 4.69) is 46.9 Å². The molecule has 0 aliphatic heterocycles. The van der Waals surface area contributed by atoms with Crippen molar-refractivity contribution in [3.05, 3.63) is 28.8 Å². The van der Waals surface area contributed by atoms with Gasteiger partial charge in [-0.25, -0.2) is 0 Å². The first-order chi connectivity index (χ1) is 7.31. The molecule has 0 radical (unpaired) electrons. The molecule has 0 aliphatic carbocycles. The monoisotopic (exact) mass is 221 g/mol. The average Bonchev–Trinajstić information content (AvgIpc) is 2.83. The zero-order chi connectivity index (χ0) is 10.7. The lowest BCUT2D eigenvalue weighted by atomic mass is 10.2. The number of H-pyrrole nitrogens is 1. The Bertz CT molecular complexity index is 430. The molecule has 0 amide bonds. The first-order valence-electron chi connectivity index (χ1n) is 5.10. The van der Waals surface area contributed by atoms with Crippen molar-refractivity contribution >= 4 is 11.3 Å². The van der Waals surface area contributed by atoms with Crippen LogP contribution in [0.4, 0.5) is 0 Å². The van der Waals surface area contributed by atoms with Crippen LogP contribution in [0.3, 0.4) is 0 Å². The fourth-order valence-electron chi connectivity index (χ4n) is 1.46. The van der Waals surface area contributed by atoms with Crippen LogP contribution in [-0.2, 0) is 6.54 Å². The van der Waals surface area contributed by atoms with Crippen LogP contribution in [0.2, 0.25) is 0 Å². The Kier molecular flexibility index (Phi) is 3.18. The quantitative estimate of drug-likeness (QED) is 0.833. The smallest absolute Gasteiger partial charge is 0.103 e. The largest absolute Gasteiger partial charge is 0.311 e. The third-order valence-electron chi connectivity index (χ3n) is 2.29. The molecule has 0 spiro atoms. The Morgan fingerprint density at radius 2 is 2.40 bits per heavy atom. The molecule has 0 unspecified atom stereocenters. The van der Waals surface area contributed by atoms with E-state index >= 15 is 0 Å². The van der Waals surface area contributed by atoms with Crippen molar-refractivity contribution < 1.29 is 0 Å². The minimum atomic E-state index is 0.855. The number of nitrogens with one attached hydrogen (secondary N) is 2. The lowest BCUT2D eigenvalue weighted by Gasteiger charge is -1.95. The van der Waals surface area contributed by atoms with Crippen LogP contribution in [0.1, 0.15) is 18.2 Å². The van der Waals surface area contributed by atoms with Gasteiger partial charge in [0.05, 0.1) is 4.88 Å². The molecule has 3 nitrogen and oxygen atoms in total. The summed E-state index contributed by atoms with van der Waals surface area (Å²) in [6.07, 6.45) is 0. The maximum atomic E-state index is 4.32. The van der Waals surface area contributed by atoms with E-state index in [-0.39, 0.29) is 0 Å². The van der Waals surface area contributed by atoms with Crippen molar-refractivity contribution in [3.63, 3.8) is 0 Å². The number of thiophene rings is 1. The molecule has 2 aromatic rings. The van der Waals surface area contributed by atoms with Crippen molar-refractivity contribution in [1.29, 1.82) is 0 Å². The highest BCUT2D eigenvalue weighted by Gasteiger charge is 2.07. The molecule has 2 heterocycles. The van der Waals surface area contributed by atoms with Crippen LogP contribution >= 0.6 is 11.3 Å². The summed E-state index contributed by atoms with van der Waals surface area (Å²) >= 11 is 1.74. The Morgan fingerprint density at radius 3 is 3.07 bits per heavy atom. The normalized spacial score (nSPS) is 10.8. The molecule has 80 valence electrons. The highest BCUT2D eigenvalue weighted by atomic mass is 32.1. The fraction of sp³-hybridized carbons (Fsp3) is 0.364. The number of aryl methyl sites for hydroxylation is 1. The Labute approximate surface area is 93.5 Å². The van der Waals surface area contributed by atoms with Gasteiger partial charge in [-0.1, -0.05) is 6.92 Å². The minimum absolute atomic E-state index is 0.855. The summed E-state index contributed by atoms with van der Waals surface area (Å²) < 4.78 is 0. The van der Waals surface area contributed by atoms with Gasteiger partial charge in [-0.2, -0.15) is 5.10 Å². The van der Waals surface area contributed by atoms with E-state index < -0.39 is 0 Å². The van der Waals surface area contributed by atoms with Crippen LogP contribution < -0.4 is 5.32 Å². The first kappa shape index (κ1) is 10.4. The Balaban J connectivity index is 2.17. The predicted molar refractivity (Wildman–Crippen MR) is 64.0 cm³/mol. The van der Waals surface area contributed by atoms with E-state index in [1.54, 1.807) is 11.3 Å². The van der Waals surface area contributed by atoms with E-state index in [9.17, 15) is 0 Å². The molecular weight excluding hydrogens is 206 g/mol. The Morgan fingerprint density at radius 1 is 1.53 bits per heavy atom. The van der Waals surface area contributed by atoms with Crippen molar-refractivity contribution in [2.24, 2.45) is 0 Å². The standard InChI is InChI=1S/C11H15N3S/c1-3-12-7-9-6-10(14-13-9)11-8(2)4-5-15-11/h4-6,12H,3,7H2,1-2H3,(H,13,14). The average molecular weight is 221 g/mol. The van der Waals surface area contributed by atoms with Crippen LogP contribution in [0, 0.1) is 6.92 Å². The van der Waals surface area contributed by atoms with Gasteiger partial charge in [0.25, 0.3) is 0 Å². The van der Waals surface area contributed by atoms with Crippen LogP contribution in [0.5, 0.6) is 0 Å². The molecule has 4 heteroatoms. The number of nitrogens with zero attached hydrogens (tertiary/aromatic N) is 1. The maximum Gasteiger partial charge on any atom is 0.103 e.